The highest BCUT2D eigenvalue weighted by Crippen LogP contribution is 2.26. The zero-order valence-corrected chi connectivity index (χ0v) is 14.1. The highest BCUT2D eigenvalue weighted by molar-refractivity contribution is 5.98. The number of ether oxygens (including phenoxy) is 1. The van der Waals surface area contributed by atoms with Gasteiger partial charge in [-0.15, -0.1) is 0 Å². The van der Waals surface area contributed by atoms with E-state index in [4.69, 9.17) is 4.74 Å². The van der Waals surface area contributed by atoms with Gasteiger partial charge in [0.15, 0.2) is 11.5 Å². The molecule has 25 heavy (non-hydrogen) atoms. The Morgan fingerprint density at radius 1 is 1.20 bits per heavy atom. The fraction of sp³-hybridized carbons (Fsp3) is 0.158. The van der Waals surface area contributed by atoms with E-state index in [9.17, 15) is 14.7 Å². The van der Waals surface area contributed by atoms with Crippen molar-refractivity contribution in [1.29, 1.82) is 0 Å². The molecular weight excluding hydrogens is 320 g/mol. The number of phenols is 1. The number of nitrogens with one attached hydrogen (secondary N) is 2. The average molecular weight is 340 g/mol. The largest absolute Gasteiger partial charge is 0.504 e. The molecule has 0 saturated heterocycles. The Balaban J connectivity index is 1.86. The van der Waals surface area contributed by atoms with Crippen molar-refractivity contribution in [3.05, 3.63) is 59.7 Å². The fourth-order valence-electron chi connectivity index (χ4n) is 2.10. The maximum Gasteiger partial charge on any atom is 0.244 e. The first kappa shape index (κ1) is 18.1. The summed E-state index contributed by atoms with van der Waals surface area (Å²) in [5, 5.41) is 14.8. The summed E-state index contributed by atoms with van der Waals surface area (Å²) >= 11 is 0. The van der Waals surface area contributed by atoms with Crippen LogP contribution < -0.4 is 15.4 Å². The van der Waals surface area contributed by atoms with Gasteiger partial charge in [-0.1, -0.05) is 24.3 Å². The van der Waals surface area contributed by atoms with Crippen molar-refractivity contribution in [3.8, 4) is 11.5 Å². The third-order valence-corrected chi connectivity index (χ3v) is 3.47. The summed E-state index contributed by atoms with van der Waals surface area (Å²) in [6, 6.07) is 12.1. The van der Waals surface area contributed by atoms with Crippen LogP contribution in [0.15, 0.2) is 48.5 Å². The molecule has 0 fully saturated rings. The molecule has 0 aromatic heterocycles. The Bertz CT molecular complexity index is 800. The summed E-state index contributed by atoms with van der Waals surface area (Å²) in [5.41, 5.74) is 2.35. The molecule has 0 unspecified atom stereocenters. The Labute approximate surface area is 146 Å². The van der Waals surface area contributed by atoms with E-state index in [0.717, 1.165) is 5.56 Å². The van der Waals surface area contributed by atoms with Crippen molar-refractivity contribution in [2.75, 3.05) is 19.0 Å². The molecule has 2 aromatic rings. The average Bonchev–Trinajstić information content (AvgIpc) is 2.61. The Morgan fingerprint density at radius 2 is 1.96 bits per heavy atom. The maximum atomic E-state index is 11.9. The monoisotopic (exact) mass is 340 g/mol. The highest BCUT2D eigenvalue weighted by atomic mass is 16.5. The number of benzene rings is 2. The van der Waals surface area contributed by atoms with Crippen LogP contribution >= 0.6 is 0 Å². The van der Waals surface area contributed by atoms with Crippen LogP contribution in [-0.4, -0.2) is 30.6 Å². The number of anilines is 1. The van der Waals surface area contributed by atoms with Gasteiger partial charge in [0.05, 0.1) is 13.7 Å². The molecule has 0 radical (unpaired) electrons. The SMILES string of the molecule is COc1cc(/C=C/C(=O)NCC(=O)Nc2ccccc2C)ccc1O. The minimum atomic E-state index is -0.396. The number of para-hydroxylation sites is 1. The van der Waals surface area contributed by atoms with Crippen LogP contribution in [0.2, 0.25) is 0 Å². The number of rotatable bonds is 6. The third kappa shape index (κ3) is 5.39. The van der Waals surface area contributed by atoms with Gasteiger partial charge in [0.25, 0.3) is 0 Å². The van der Waals surface area contributed by atoms with Crippen LogP contribution in [0.25, 0.3) is 6.08 Å². The first-order valence-electron chi connectivity index (χ1n) is 7.68. The van der Waals surface area contributed by atoms with E-state index in [-0.39, 0.29) is 18.2 Å². The number of aromatic hydroxyl groups is 1. The van der Waals surface area contributed by atoms with Crippen molar-refractivity contribution in [3.63, 3.8) is 0 Å². The minimum absolute atomic E-state index is 0.0250. The Kier molecular flexibility index (Phi) is 6.17. The lowest BCUT2D eigenvalue weighted by Gasteiger charge is -2.08. The standard InChI is InChI=1S/C19H20N2O4/c1-13-5-3-4-6-15(13)21-19(24)12-20-18(23)10-8-14-7-9-16(22)17(11-14)25-2/h3-11,22H,12H2,1-2H3,(H,20,23)(H,21,24)/b10-8+. The summed E-state index contributed by atoms with van der Waals surface area (Å²) in [6.45, 7) is 1.76. The van der Waals surface area contributed by atoms with Crippen LogP contribution in [0.3, 0.4) is 0 Å². The van der Waals surface area contributed by atoms with E-state index in [1.807, 2.05) is 25.1 Å². The number of carbonyl (C=O) groups is 2. The van der Waals surface area contributed by atoms with Gasteiger partial charge < -0.3 is 20.5 Å². The van der Waals surface area contributed by atoms with Gasteiger partial charge in [-0.05, 0) is 42.3 Å². The van der Waals surface area contributed by atoms with E-state index in [0.29, 0.717) is 17.0 Å². The van der Waals surface area contributed by atoms with Crippen LogP contribution in [0.4, 0.5) is 5.69 Å². The molecule has 0 bridgehead atoms. The van der Waals surface area contributed by atoms with Crippen LogP contribution in [0.1, 0.15) is 11.1 Å². The van der Waals surface area contributed by atoms with Crippen molar-refractivity contribution < 1.29 is 19.4 Å². The van der Waals surface area contributed by atoms with E-state index in [2.05, 4.69) is 10.6 Å². The van der Waals surface area contributed by atoms with Gasteiger partial charge in [0, 0.05) is 11.8 Å². The van der Waals surface area contributed by atoms with Crippen molar-refractivity contribution in [1.82, 2.24) is 5.32 Å². The van der Waals surface area contributed by atoms with Gasteiger partial charge >= 0.3 is 0 Å². The Hall–Kier alpha value is -3.28. The maximum absolute atomic E-state index is 11.9. The summed E-state index contributed by atoms with van der Waals surface area (Å²) < 4.78 is 5.00. The predicted molar refractivity (Wildman–Crippen MR) is 96.5 cm³/mol. The molecule has 6 nitrogen and oxygen atoms in total. The highest BCUT2D eigenvalue weighted by Gasteiger charge is 2.06. The molecule has 0 aliphatic heterocycles. The quantitative estimate of drug-likeness (QED) is 0.705. The molecule has 2 rings (SSSR count). The van der Waals surface area contributed by atoms with Crippen molar-refractivity contribution >= 4 is 23.6 Å². The predicted octanol–water partition coefficient (Wildman–Crippen LogP) is 2.48. The van der Waals surface area contributed by atoms with E-state index in [1.165, 1.54) is 19.3 Å². The first-order valence-corrected chi connectivity index (χ1v) is 7.68. The second kappa shape index (κ2) is 8.54. The molecule has 3 N–H and O–H groups in total. The van der Waals surface area contributed by atoms with Crippen molar-refractivity contribution in [2.24, 2.45) is 0 Å². The number of amides is 2. The molecule has 2 aromatic carbocycles. The summed E-state index contributed by atoms with van der Waals surface area (Å²) in [5.74, 6) is -0.355. The molecule has 0 aliphatic carbocycles. The number of hydrogen-bond acceptors (Lipinski definition) is 4. The zero-order valence-electron chi connectivity index (χ0n) is 14.1. The topological polar surface area (TPSA) is 87.7 Å². The zero-order chi connectivity index (χ0) is 18.2. The molecular formula is C19H20N2O4. The number of hydrogen-bond donors (Lipinski definition) is 3. The minimum Gasteiger partial charge on any atom is -0.504 e. The molecule has 130 valence electrons. The number of methoxy groups -OCH3 is 1. The van der Waals surface area contributed by atoms with Crippen LogP contribution in [-0.2, 0) is 9.59 Å². The fourth-order valence-corrected chi connectivity index (χ4v) is 2.10. The van der Waals surface area contributed by atoms with E-state index >= 15 is 0 Å². The summed E-state index contributed by atoms with van der Waals surface area (Å²) in [6.07, 6.45) is 2.88. The molecule has 0 atom stereocenters. The number of aryl methyl sites for hydroxylation is 1. The first-order chi connectivity index (χ1) is 12.0. The lowest BCUT2D eigenvalue weighted by molar-refractivity contribution is -0.121. The van der Waals surface area contributed by atoms with E-state index in [1.54, 1.807) is 24.3 Å². The summed E-state index contributed by atoms with van der Waals surface area (Å²) in [7, 11) is 1.45. The molecule has 0 spiro atoms. The molecule has 6 heteroatoms. The van der Waals surface area contributed by atoms with Crippen molar-refractivity contribution in [2.45, 2.75) is 6.92 Å². The Morgan fingerprint density at radius 3 is 2.68 bits per heavy atom. The lowest BCUT2D eigenvalue weighted by atomic mass is 10.2. The number of phenolic OH excluding ortho intramolecular Hbond substituents is 1. The van der Waals surface area contributed by atoms with Gasteiger partial charge in [0.1, 0.15) is 0 Å². The third-order valence-electron chi connectivity index (χ3n) is 3.47. The number of carbonyl (C=O) groups excluding carboxylic acids is 2. The normalized spacial score (nSPS) is 10.5. The van der Waals surface area contributed by atoms with Gasteiger partial charge in [-0.3, -0.25) is 9.59 Å². The van der Waals surface area contributed by atoms with Gasteiger partial charge in [-0.2, -0.15) is 0 Å². The molecule has 0 heterocycles. The van der Waals surface area contributed by atoms with Gasteiger partial charge in [0.2, 0.25) is 11.8 Å². The summed E-state index contributed by atoms with van der Waals surface area (Å²) in [4.78, 5) is 23.7. The second-order valence-electron chi connectivity index (χ2n) is 5.35. The van der Waals surface area contributed by atoms with Crippen LogP contribution in [0.5, 0.6) is 11.5 Å². The molecule has 2 amide bonds. The molecule has 0 aliphatic rings. The lowest BCUT2D eigenvalue weighted by Crippen LogP contribution is -2.31. The smallest absolute Gasteiger partial charge is 0.244 e. The van der Waals surface area contributed by atoms with E-state index < -0.39 is 5.91 Å². The van der Waals surface area contributed by atoms with Crippen LogP contribution in [0, 0.1) is 6.92 Å². The molecule has 0 saturated carbocycles. The second-order valence-corrected chi connectivity index (χ2v) is 5.35. The van der Waals surface area contributed by atoms with Gasteiger partial charge in [-0.25, -0.2) is 0 Å².